The Morgan fingerprint density at radius 1 is 1.56 bits per heavy atom. The Morgan fingerprint density at radius 2 is 2.25 bits per heavy atom. The molecule has 2 heterocycles. The third-order valence-electron chi connectivity index (χ3n) is 2.55. The number of carbonyl (C=O) groups excluding carboxylic acids is 1. The average Bonchev–Trinajstić information content (AvgIpc) is 2.71. The minimum atomic E-state index is -0.0517. The van der Waals surface area contributed by atoms with Crippen LogP contribution in [0.5, 0.6) is 5.75 Å². The van der Waals surface area contributed by atoms with Gasteiger partial charge in [-0.15, -0.1) is 0 Å². The second-order valence-corrected chi connectivity index (χ2v) is 3.68. The van der Waals surface area contributed by atoms with Crippen LogP contribution in [0.25, 0.3) is 0 Å². The van der Waals surface area contributed by atoms with E-state index >= 15 is 0 Å². The number of ether oxygens (including phenoxy) is 1. The van der Waals surface area contributed by atoms with E-state index in [0.717, 1.165) is 0 Å². The Balaban J connectivity index is 2.15. The van der Waals surface area contributed by atoms with Gasteiger partial charge in [-0.3, -0.25) is 9.69 Å². The van der Waals surface area contributed by atoms with E-state index in [2.05, 4.69) is 9.97 Å². The van der Waals surface area contributed by atoms with Crippen molar-refractivity contribution in [2.75, 3.05) is 25.2 Å². The fourth-order valence-electron chi connectivity index (χ4n) is 1.65. The van der Waals surface area contributed by atoms with Crippen LogP contribution in [0, 0.1) is 5.92 Å². The van der Waals surface area contributed by atoms with Gasteiger partial charge in [-0.1, -0.05) is 0 Å². The third-order valence-corrected chi connectivity index (χ3v) is 2.55. The summed E-state index contributed by atoms with van der Waals surface area (Å²) in [6.07, 6.45) is 3.38. The van der Waals surface area contributed by atoms with E-state index in [9.17, 15) is 4.79 Å². The molecule has 0 radical (unpaired) electrons. The van der Waals surface area contributed by atoms with Crippen molar-refractivity contribution in [3.8, 4) is 5.75 Å². The molecule has 1 aliphatic rings. The van der Waals surface area contributed by atoms with Crippen LogP contribution in [-0.2, 0) is 4.79 Å². The number of amides is 1. The van der Waals surface area contributed by atoms with Crippen LogP contribution in [0.1, 0.15) is 6.42 Å². The van der Waals surface area contributed by atoms with Gasteiger partial charge < -0.3 is 9.84 Å². The SMILES string of the molecule is COc1cnc(N2CC(CO)CC2=O)nc1. The van der Waals surface area contributed by atoms with E-state index in [0.29, 0.717) is 24.7 Å². The van der Waals surface area contributed by atoms with Crippen molar-refractivity contribution in [1.82, 2.24) is 9.97 Å². The second-order valence-electron chi connectivity index (χ2n) is 3.68. The van der Waals surface area contributed by atoms with Crippen molar-refractivity contribution in [2.45, 2.75) is 6.42 Å². The average molecular weight is 223 g/mol. The van der Waals surface area contributed by atoms with Gasteiger partial charge in [0.25, 0.3) is 0 Å². The summed E-state index contributed by atoms with van der Waals surface area (Å²) in [4.78, 5) is 21.2. The van der Waals surface area contributed by atoms with Crippen molar-refractivity contribution in [1.29, 1.82) is 0 Å². The van der Waals surface area contributed by atoms with Crippen LogP contribution in [0.2, 0.25) is 0 Å². The molecule has 1 saturated heterocycles. The standard InChI is InChI=1S/C10H13N3O3/c1-16-8-3-11-10(12-4-8)13-5-7(6-14)2-9(13)15/h3-4,7,14H,2,5-6H2,1H3. The first-order valence-corrected chi connectivity index (χ1v) is 5.02. The molecule has 1 aliphatic heterocycles. The van der Waals surface area contributed by atoms with Crippen LogP contribution in [0.3, 0.4) is 0 Å². The second kappa shape index (κ2) is 4.44. The molecule has 0 spiro atoms. The van der Waals surface area contributed by atoms with Crippen molar-refractivity contribution in [3.63, 3.8) is 0 Å². The molecule has 86 valence electrons. The molecular formula is C10H13N3O3. The van der Waals surface area contributed by atoms with E-state index in [4.69, 9.17) is 9.84 Å². The van der Waals surface area contributed by atoms with Crippen LogP contribution in [0.15, 0.2) is 12.4 Å². The highest BCUT2D eigenvalue weighted by Gasteiger charge is 2.31. The monoisotopic (exact) mass is 223 g/mol. The van der Waals surface area contributed by atoms with Crippen LogP contribution in [-0.4, -0.2) is 41.2 Å². The minimum Gasteiger partial charge on any atom is -0.494 e. The van der Waals surface area contributed by atoms with E-state index in [-0.39, 0.29) is 18.4 Å². The summed E-state index contributed by atoms with van der Waals surface area (Å²) < 4.78 is 4.93. The lowest BCUT2D eigenvalue weighted by Crippen LogP contribution is -2.26. The Morgan fingerprint density at radius 3 is 2.75 bits per heavy atom. The molecule has 0 aromatic carbocycles. The molecule has 6 nitrogen and oxygen atoms in total. The number of rotatable bonds is 3. The fraction of sp³-hybridized carbons (Fsp3) is 0.500. The first kappa shape index (κ1) is 10.8. The molecule has 16 heavy (non-hydrogen) atoms. The molecule has 1 aromatic heterocycles. The molecule has 6 heteroatoms. The van der Waals surface area contributed by atoms with E-state index in [1.54, 1.807) is 0 Å². The molecule has 1 unspecified atom stereocenters. The van der Waals surface area contributed by atoms with E-state index < -0.39 is 0 Å². The number of aromatic nitrogens is 2. The predicted octanol–water partition coefficient (Wildman–Crippen LogP) is -0.170. The number of aliphatic hydroxyl groups excluding tert-OH is 1. The van der Waals surface area contributed by atoms with Gasteiger partial charge in [0.1, 0.15) is 0 Å². The zero-order valence-corrected chi connectivity index (χ0v) is 8.96. The van der Waals surface area contributed by atoms with Crippen molar-refractivity contribution < 1.29 is 14.6 Å². The molecule has 0 bridgehead atoms. The van der Waals surface area contributed by atoms with Gasteiger partial charge in [-0.25, -0.2) is 9.97 Å². The summed E-state index contributed by atoms with van der Waals surface area (Å²) in [7, 11) is 1.53. The largest absolute Gasteiger partial charge is 0.494 e. The molecule has 0 aliphatic carbocycles. The number of nitrogens with zero attached hydrogens (tertiary/aromatic N) is 3. The zero-order chi connectivity index (χ0) is 11.5. The smallest absolute Gasteiger partial charge is 0.232 e. The van der Waals surface area contributed by atoms with Gasteiger partial charge in [-0.2, -0.15) is 0 Å². The lowest BCUT2D eigenvalue weighted by Gasteiger charge is -2.13. The Hall–Kier alpha value is -1.69. The van der Waals surface area contributed by atoms with Gasteiger partial charge in [0, 0.05) is 25.5 Å². The predicted molar refractivity (Wildman–Crippen MR) is 56.1 cm³/mol. The van der Waals surface area contributed by atoms with Gasteiger partial charge in [0.15, 0.2) is 5.75 Å². The first-order chi connectivity index (χ1) is 7.74. The number of anilines is 1. The number of carbonyl (C=O) groups is 1. The maximum absolute atomic E-state index is 11.6. The summed E-state index contributed by atoms with van der Waals surface area (Å²) >= 11 is 0. The lowest BCUT2D eigenvalue weighted by molar-refractivity contribution is -0.117. The highest BCUT2D eigenvalue weighted by molar-refractivity contribution is 5.94. The Bertz CT molecular complexity index is 379. The first-order valence-electron chi connectivity index (χ1n) is 5.02. The Labute approximate surface area is 92.9 Å². The molecule has 1 aromatic rings. The lowest BCUT2D eigenvalue weighted by atomic mass is 10.1. The number of hydrogen-bond donors (Lipinski definition) is 1. The van der Waals surface area contributed by atoms with E-state index in [1.165, 1.54) is 24.4 Å². The maximum Gasteiger partial charge on any atom is 0.232 e. The third kappa shape index (κ3) is 1.96. The van der Waals surface area contributed by atoms with Crippen molar-refractivity contribution >= 4 is 11.9 Å². The highest BCUT2D eigenvalue weighted by Crippen LogP contribution is 2.22. The summed E-state index contributed by atoms with van der Waals surface area (Å²) in [6.45, 7) is 0.486. The zero-order valence-electron chi connectivity index (χ0n) is 8.96. The number of hydrogen-bond acceptors (Lipinski definition) is 5. The summed E-state index contributed by atoms with van der Waals surface area (Å²) in [5.74, 6) is 0.846. The molecule has 0 saturated carbocycles. The van der Waals surface area contributed by atoms with Gasteiger partial charge in [0.05, 0.1) is 19.5 Å². The van der Waals surface area contributed by atoms with Crippen LogP contribution in [0.4, 0.5) is 5.95 Å². The van der Waals surface area contributed by atoms with Gasteiger partial charge >= 0.3 is 0 Å². The number of aliphatic hydroxyl groups is 1. The highest BCUT2D eigenvalue weighted by atomic mass is 16.5. The summed E-state index contributed by atoms with van der Waals surface area (Å²) in [6, 6.07) is 0. The molecule has 2 rings (SSSR count). The Kier molecular flexibility index (Phi) is 3.00. The van der Waals surface area contributed by atoms with Gasteiger partial charge in [-0.05, 0) is 0 Å². The van der Waals surface area contributed by atoms with Crippen molar-refractivity contribution in [3.05, 3.63) is 12.4 Å². The van der Waals surface area contributed by atoms with Crippen LogP contribution >= 0.6 is 0 Å². The maximum atomic E-state index is 11.6. The minimum absolute atomic E-state index is 0.0123. The fourth-order valence-corrected chi connectivity index (χ4v) is 1.65. The van der Waals surface area contributed by atoms with Gasteiger partial charge in [0.2, 0.25) is 11.9 Å². The molecule has 1 N–H and O–H groups in total. The molecule has 1 amide bonds. The summed E-state index contributed by atoms with van der Waals surface area (Å²) in [5, 5.41) is 8.99. The normalized spacial score (nSPS) is 20.2. The van der Waals surface area contributed by atoms with Crippen molar-refractivity contribution in [2.24, 2.45) is 5.92 Å². The van der Waals surface area contributed by atoms with Crippen LogP contribution < -0.4 is 9.64 Å². The summed E-state index contributed by atoms with van der Waals surface area (Å²) in [5.41, 5.74) is 0. The molecule has 1 atom stereocenters. The molecular weight excluding hydrogens is 210 g/mol. The topological polar surface area (TPSA) is 75.6 Å². The quantitative estimate of drug-likeness (QED) is 0.770. The number of methoxy groups -OCH3 is 1. The molecule has 1 fully saturated rings. The van der Waals surface area contributed by atoms with E-state index in [1.807, 2.05) is 0 Å².